The van der Waals surface area contributed by atoms with E-state index in [1.807, 2.05) is 0 Å². The van der Waals surface area contributed by atoms with Gasteiger partial charge in [-0.25, -0.2) is 4.98 Å². The standard InChI is InChI=1S/C14H22BrN3/c1-11-5-8-18-13(9-11)12(16-14(18)15)10-17-6-3-2-4-7-17/h11H,2-10H2,1H3. The Hall–Kier alpha value is -0.350. The van der Waals surface area contributed by atoms with Crippen molar-refractivity contribution >= 4 is 15.9 Å². The lowest BCUT2D eigenvalue weighted by Crippen LogP contribution is -2.30. The SMILES string of the molecule is CC1CCn2c(Br)nc(CN3CCCCC3)c2C1. The molecule has 4 heteroatoms. The van der Waals surface area contributed by atoms with Gasteiger partial charge < -0.3 is 4.57 Å². The predicted octanol–water partition coefficient (Wildman–Crippen LogP) is 3.21. The lowest BCUT2D eigenvalue weighted by molar-refractivity contribution is 0.217. The summed E-state index contributed by atoms with van der Waals surface area (Å²) in [5.74, 6) is 0.807. The van der Waals surface area contributed by atoms with Crippen molar-refractivity contribution in [2.75, 3.05) is 13.1 Å². The first kappa shape index (κ1) is 12.7. The molecular formula is C14H22BrN3. The summed E-state index contributed by atoms with van der Waals surface area (Å²) in [6.45, 7) is 7.03. The molecule has 100 valence electrons. The monoisotopic (exact) mass is 311 g/mol. The molecule has 18 heavy (non-hydrogen) atoms. The minimum absolute atomic E-state index is 0.807. The number of piperidine rings is 1. The topological polar surface area (TPSA) is 21.1 Å². The van der Waals surface area contributed by atoms with Gasteiger partial charge in [0.05, 0.1) is 5.69 Å². The normalized spacial score (nSPS) is 25.1. The van der Waals surface area contributed by atoms with Crippen LogP contribution in [0.15, 0.2) is 4.73 Å². The molecule has 2 aliphatic rings. The minimum atomic E-state index is 0.807. The third-order valence-electron chi connectivity index (χ3n) is 4.32. The second-order valence-electron chi connectivity index (χ2n) is 5.86. The van der Waals surface area contributed by atoms with Gasteiger partial charge in [-0.3, -0.25) is 4.90 Å². The molecule has 1 atom stereocenters. The Bertz CT molecular complexity index is 421. The highest BCUT2D eigenvalue weighted by Gasteiger charge is 2.23. The number of hydrogen-bond donors (Lipinski definition) is 0. The van der Waals surface area contributed by atoms with E-state index < -0.39 is 0 Å². The molecule has 0 radical (unpaired) electrons. The molecule has 2 aliphatic heterocycles. The smallest absolute Gasteiger partial charge is 0.177 e. The molecule has 1 aromatic heterocycles. The third kappa shape index (κ3) is 2.50. The van der Waals surface area contributed by atoms with Gasteiger partial charge in [-0.05, 0) is 60.6 Å². The molecule has 0 N–H and O–H groups in total. The lowest BCUT2D eigenvalue weighted by Gasteiger charge is -2.27. The van der Waals surface area contributed by atoms with Gasteiger partial charge in [-0.15, -0.1) is 0 Å². The van der Waals surface area contributed by atoms with Gasteiger partial charge in [0, 0.05) is 18.8 Å². The van der Waals surface area contributed by atoms with Gasteiger partial charge in [-0.1, -0.05) is 13.3 Å². The Labute approximate surface area is 118 Å². The van der Waals surface area contributed by atoms with Crippen LogP contribution in [-0.2, 0) is 19.5 Å². The largest absolute Gasteiger partial charge is 0.322 e. The van der Waals surface area contributed by atoms with E-state index >= 15 is 0 Å². The van der Waals surface area contributed by atoms with Crippen molar-refractivity contribution in [3.8, 4) is 0 Å². The Morgan fingerprint density at radius 1 is 1.22 bits per heavy atom. The summed E-state index contributed by atoms with van der Waals surface area (Å²) in [6.07, 6.45) is 6.59. The average molecular weight is 312 g/mol. The first-order valence-electron chi connectivity index (χ1n) is 7.20. The average Bonchev–Trinajstić information content (AvgIpc) is 2.67. The highest BCUT2D eigenvalue weighted by molar-refractivity contribution is 9.10. The quantitative estimate of drug-likeness (QED) is 0.836. The molecule has 0 amide bonds. The highest BCUT2D eigenvalue weighted by atomic mass is 79.9. The van der Waals surface area contributed by atoms with Crippen LogP contribution < -0.4 is 0 Å². The van der Waals surface area contributed by atoms with E-state index in [1.165, 1.54) is 56.6 Å². The lowest BCUT2D eigenvalue weighted by atomic mass is 9.97. The van der Waals surface area contributed by atoms with Gasteiger partial charge in [0.25, 0.3) is 0 Å². The van der Waals surface area contributed by atoms with E-state index in [9.17, 15) is 0 Å². The molecule has 3 rings (SSSR count). The van der Waals surface area contributed by atoms with E-state index in [2.05, 4.69) is 32.3 Å². The fraction of sp³-hybridized carbons (Fsp3) is 0.786. The van der Waals surface area contributed by atoms with Gasteiger partial charge in [0.15, 0.2) is 4.73 Å². The van der Waals surface area contributed by atoms with Crippen molar-refractivity contribution in [1.29, 1.82) is 0 Å². The van der Waals surface area contributed by atoms with E-state index in [0.29, 0.717) is 0 Å². The molecule has 3 nitrogen and oxygen atoms in total. The number of nitrogens with zero attached hydrogens (tertiary/aromatic N) is 3. The zero-order valence-electron chi connectivity index (χ0n) is 11.2. The van der Waals surface area contributed by atoms with E-state index in [1.54, 1.807) is 0 Å². The summed E-state index contributed by atoms with van der Waals surface area (Å²) in [5, 5.41) is 0. The number of fused-ring (bicyclic) bond motifs is 1. The van der Waals surface area contributed by atoms with Gasteiger partial charge in [0.1, 0.15) is 0 Å². The molecule has 1 unspecified atom stereocenters. The molecule has 3 heterocycles. The summed E-state index contributed by atoms with van der Waals surface area (Å²) in [5.41, 5.74) is 2.79. The van der Waals surface area contributed by atoms with Crippen LogP contribution in [0, 0.1) is 5.92 Å². The number of aromatic nitrogens is 2. The number of likely N-dealkylation sites (tertiary alicyclic amines) is 1. The Morgan fingerprint density at radius 3 is 2.78 bits per heavy atom. The fourth-order valence-corrected chi connectivity index (χ4v) is 3.80. The zero-order valence-corrected chi connectivity index (χ0v) is 12.7. The summed E-state index contributed by atoms with van der Waals surface area (Å²) in [6, 6.07) is 0. The second-order valence-corrected chi connectivity index (χ2v) is 6.57. The van der Waals surface area contributed by atoms with Gasteiger partial charge in [-0.2, -0.15) is 0 Å². The zero-order chi connectivity index (χ0) is 12.5. The third-order valence-corrected chi connectivity index (χ3v) is 4.92. The first-order chi connectivity index (χ1) is 8.74. The van der Waals surface area contributed by atoms with Crippen LogP contribution in [0.3, 0.4) is 0 Å². The number of hydrogen-bond acceptors (Lipinski definition) is 2. The van der Waals surface area contributed by atoms with Gasteiger partial charge in [0.2, 0.25) is 0 Å². The Morgan fingerprint density at radius 2 is 2.00 bits per heavy atom. The van der Waals surface area contributed by atoms with Crippen LogP contribution in [0.5, 0.6) is 0 Å². The predicted molar refractivity (Wildman–Crippen MR) is 76.5 cm³/mol. The molecule has 0 aromatic carbocycles. The fourth-order valence-electron chi connectivity index (χ4n) is 3.20. The van der Waals surface area contributed by atoms with Crippen molar-refractivity contribution in [1.82, 2.24) is 14.5 Å². The molecular weight excluding hydrogens is 290 g/mol. The highest BCUT2D eigenvalue weighted by Crippen LogP contribution is 2.28. The Balaban J connectivity index is 1.79. The molecule has 1 fully saturated rings. The summed E-state index contributed by atoms with van der Waals surface area (Å²) < 4.78 is 3.41. The summed E-state index contributed by atoms with van der Waals surface area (Å²) in [4.78, 5) is 7.33. The maximum absolute atomic E-state index is 4.76. The number of halogens is 1. The molecule has 1 aromatic rings. The van der Waals surface area contributed by atoms with Crippen LogP contribution in [0.4, 0.5) is 0 Å². The second kappa shape index (κ2) is 5.33. The maximum atomic E-state index is 4.76. The molecule has 0 bridgehead atoms. The van der Waals surface area contributed by atoms with Crippen molar-refractivity contribution in [2.24, 2.45) is 5.92 Å². The van der Waals surface area contributed by atoms with E-state index in [-0.39, 0.29) is 0 Å². The Kier molecular flexibility index (Phi) is 3.76. The van der Waals surface area contributed by atoms with Gasteiger partial charge >= 0.3 is 0 Å². The van der Waals surface area contributed by atoms with Crippen molar-refractivity contribution in [3.05, 3.63) is 16.1 Å². The van der Waals surface area contributed by atoms with Crippen molar-refractivity contribution in [3.63, 3.8) is 0 Å². The van der Waals surface area contributed by atoms with Crippen LogP contribution in [0.25, 0.3) is 0 Å². The number of rotatable bonds is 2. The molecule has 0 aliphatic carbocycles. The molecule has 0 saturated carbocycles. The van der Waals surface area contributed by atoms with E-state index in [0.717, 1.165) is 23.7 Å². The molecule has 1 saturated heterocycles. The van der Waals surface area contributed by atoms with Crippen molar-refractivity contribution in [2.45, 2.75) is 52.1 Å². The minimum Gasteiger partial charge on any atom is -0.322 e. The van der Waals surface area contributed by atoms with Crippen molar-refractivity contribution < 1.29 is 0 Å². The maximum Gasteiger partial charge on any atom is 0.177 e. The number of imidazole rings is 1. The van der Waals surface area contributed by atoms with Crippen LogP contribution in [0.2, 0.25) is 0 Å². The van der Waals surface area contributed by atoms with Crippen LogP contribution in [-0.4, -0.2) is 27.5 Å². The van der Waals surface area contributed by atoms with Crippen LogP contribution >= 0.6 is 15.9 Å². The van der Waals surface area contributed by atoms with Crippen LogP contribution in [0.1, 0.15) is 44.0 Å². The molecule has 0 spiro atoms. The van der Waals surface area contributed by atoms with E-state index in [4.69, 9.17) is 4.98 Å². The first-order valence-corrected chi connectivity index (χ1v) is 7.99. The summed E-state index contributed by atoms with van der Waals surface area (Å²) >= 11 is 3.62. The summed E-state index contributed by atoms with van der Waals surface area (Å²) in [7, 11) is 0.